The van der Waals surface area contributed by atoms with E-state index in [9.17, 15) is 14.9 Å². The lowest BCUT2D eigenvalue weighted by Gasteiger charge is -2.10. The van der Waals surface area contributed by atoms with Crippen LogP contribution in [0.5, 0.6) is 5.75 Å². The summed E-state index contributed by atoms with van der Waals surface area (Å²) in [6, 6.07) is 6.87. The van der Waals surface area contributed by atoms with E-state index in [1.54, 1.807) is 13.0 Å². The Morgan fingerprint density at radius 2 is 2.13 bits per heavy atom. The summed E-state index contributed by atoms with van der Waals surface area (Å²) in [4.78, 5) is 22.2. The van der Waals surface area contributed by atoms with Gasteiger partial charge in [-0.15, -0.1) is 0 Å². The first-order chi connectivity index (χ1) is 10.9. The van der Waals surface area contributed by atoms with Gasteiger partial charge in [0.1, 0.15) is 5.75 Å². The van der Waals surface area contributed by atoms with Gasteiger partial charge >= 0.3 is 5.82 Å². The molecule has 0 spiro atoms. The topological polar surface area (TPSA) is 99.3 Å². The van der Waals surface area contributed by atoms with Crippen LogP contribution in [0.1, 0.15) is 17.7 Å². The molecule has 8 nitrogen and oxygen atoms in total. The first-order valence-electron chi connectivity index (χ1n) is 7.04. The fourth-order valence-corrected chi connectivity index (χ4v) is 2.15. The summed E-state index contributed by atoms with van der Waals surface area (Å²) < 4.78 is 6.66. The highest BCUT2D eigenvalue weighted by Crippen LogP contribution is 2.25. The first kappa shape index (κ1) is 16.5. The van der Waals surface area contributed by atoms with Crippen LogP contribution in [0, 0.1) is 24.0 Å². The normalized spacial score (nSPS) is 10.4. The molecule has 0 fully saturated rings. The van der Waals surface area contributed by atoms with Crippen LogP contribution in [0.15, 0.2) is 24.3 Å². The molecule has 0 bridgehead atoms. The second-order valence-corrected chi connectivity index (χ2v) is 5.13. The van der Waals surface area contributed by atoms with Gasteiger partial charge in [0, 0.05) is 6.42 Å². The standard InChI is InChI=1S/C15H18N4O4/c1-10-4-5-13(23-3)12(8-10)16-15(20)6-7-18-11(2)9-14(17-18)19(21)22/h4-5,8-9H,6-7H2,1-3H3,(H,16,20). The molecule has 2 rings (SSSR count). The zero-order valence-electron chi connectivity index (χ0n) is 13.2. The van der Waals surface area contributed by atoms with Gasteiger partial charge in [0.25, 0.3) is 0 Å². The molecule has 0 radical (unpaired) electrons. The average Bonchev–Trinajstić information content (AvgIpc) is 2.87. The number of nitrogens with one attached hydrogen (secondary N) is 1. The summed E-state index contributed by atoms with van der Waals surface area (Å²) in [7, 11) is 1.53. The first-order valence-corrected chi connectivity index (χ1v) is 7.04. The molecule has 0 saturated heterocycles. The minimum absolute atomic E-state index is 0.150. The third-order valence-electron chi connectivity index (χ3n) is 3.34. The smallest absolute Gasteiger partial charge is 0.390 e. The Morgan fingerprint density at radius 3 is 2.74 bits per heavy atom. The van der Waals surface area contributed by atoms with E-state index in [2.05, 4.69) is 10.4 Å². The molecular weight excluding hydrogens is 300 g/mol. The Morgan fingerprint density at radius 1 is 1.39 bits per heavy atom. The van der Waals surface area contributed by atoms with Crippen LogP contribution in [-0.2, 0) is 11.3 Å². The molecule has 1 N–H and O–H groups in total. The number of nitro groups is 1. The monoisotopic (exact) mass is 318 g/mol. The van der Waals surface area contributed by atoms with E-state index in [1.807, 2.05) is 19.1 Å². The molecular formula is C15H18N4O4. The number of nitrogens with zero attached hydrogens (tertiary/aromatic N) is 3. The quantitative estimate of drug-likeness (QED) is 0.651. The van der Waals surface area contributed by atoms with Crippen molar-refractivity contribution in [3.63, 3.8) is 0 Å². The van der Waals surface area contributed by atoms with Crippen molar-refractivity contribution >= 4 is 17.4 Å². The van der Waals surface area contributed by atoms with E-state index < -0.39 is 4.92 Å². The van der Waals surface area contributed by atoms with Crippen molar-refractivity contribution in [1.29, 1.82) is 0 Å². The van der Waals surface area contributed by atoms with Crippen molar-refractivity contribution in [2.24, 2.45) is 0 Å². The van der Waals surface area contributed by atoms with Crippen molar-refractivity contribution in [3.05, 3.63) is 45.6 Å². The summed E-state index contributed by atoms with van der Waals surface area (Å²) in [5.41, 5.74) is 2.23. The fraction of sp³-hybridized carbons (Fsp3) is 0.333. The molecule has 1 aromatic heterocycles. The number of hydrogen-bond acceptors (Lipinski definition) is 5. The summed E-state index contributed by atoms with van der Waals surface area (Å²) in [5, 5.41) is 17.3. The molecule has 122 valence electrons. The molecule has 8 heteroatoms. The lowest BCUT2D eigenvalue weighted by Crippen LogP contribution is -2.16. The molecule has 1 aromatic carbocycles. The molecule has 1 heterocycles. The van der Waals surface area contributed by atoms with E-state index >= 15 is 0 Å². The predicted molar refractivity (Wildman–Crippen MR) is 84.6 cm³/mol. The number of aromatic nitrogens is 2. The van der Waals surface area contributed by atoms with Gasteiger partial charge in [-0.1, -0.05) is 6.07 Å². The second kappa shape index (κ2) is 6.91. The SMILES string of the molecule is COc1ccc(C)cc1NC(=O)CCn1nc([N+](=O)[O-])cc1C. The second-order valence-electron chi connectivity index (χ2n) is 5.13. The molecule has 0 saturated carbocycles. The zero-order chi connectivity index (χ0) is 17.0. The maximum atomic E-state index is 12.1. The molecule has 0 aliphatic carbocycles. The van der Waals surface area contributed by atoms with Crippen LogP contribution in [0.25, 0.3) is 0 Å². The molecule has 2 aromatic rings. The largest absolute Gasteiger partial charge is 0.495 e. The minimum atomic E-state index is -0.554. The van der Waals surface area contributed by atoms with E-state index in [0.29, 0.717) is 17.1 Å². The van der Waals surface area contributed by atoms with Crippen molar-refractivity contribution < 1.29 is 14.5 Å². The molecule has 0 unspecified atom stereocenters. The van der Waals surface area contributed by atoms with Crippen LogP contribution in [-0.4, -0.2) is 27.7 Å². The third kappa shape index (κ3) is 4.06. The maximum Gasteiger partial charge on any atom is 0.390 e. The number of carbonyl (C=O) groups is 1. The number of rotatable bonds is 6. The highest BCUT2D eigenvalue weighted by atomic mass is 16.6. The summed E-state index contributed by atoms with van der Waals surface area (Å²) >= 11 is 0. The van der Waals surface area contributed by atoms with Crippen molar-refractivity contribution in [2.75, 3.05) is 12.4 Å². The van der Waals surface area contributed by atoms with Gasteiger partial charge < -0.3 is 20.2 Å². The average molecular weight is 318 g/mol. The van der Waals surface area contributed by atoms with Gasteiger partial charge in [-0.2, -0.15) is 4.68 Å². The van der Waals surface area contributed by atoms with E-state index in [0.717, 1.165) is 5.56 Å². The van der Waals surface area contributed by atoms with Crippen molar-refractivity contribution in [2.45, 2.75) is 26.8 Å². The van der Waals surface area contributed by atoms with Crippen LogP contribution < -0.4 is 10.1 Å². The number of aryl methyl sites for hydroxylation is 3. The molecule has 1 amide bonds. The lowest BCUT2D eigenvalue weighted by molar-refractivity contribution is -0.389. The van der Waals surface area contributed by atoms with Crippen LogP contribution in [0.3, 0.4) is 0 Å². The van der Waals surface area contributed by atoms with Crippen molar-refractivity contribution in [1.82, 2.24) is 9.78 Å². The van der Waals surface area contributed by atoms with Gasteiger partial charge in [-0.25, -0.2) is 0 Å². The highest BCUT2D eigenvalue weighted by Gasteiger charge is 2.16. The predicted octanol–water partition coefficient (Wildman–Crippen LogP) is 2.45. The van der Waals surface area contributed by atoms with Crippen molar-refractivity contribution in [3.8, 4) is 5.75 Å². The van der Waals surface area contributed by atoms with Gasteiger partial charge in [0.2, 0.25) is 5.91 Å². The zero-order valence-corrected chi connectivity index (χ0v) is 13.2. The Bertz CT molecular complexity index is 739. The number of anilines is 1. The Balaban J connectivity index is 2.01. The highest BCUT2D eigenvalue weighted by molar-refractivity contribution is 5.92. The minimum Gasteiger partial charge on any atom is -0.495 e. The number of amides is 1. The fourth-order valence-electron chi connectivity index (χ4n) is 2.15. The number of methoxy groups -OCH3 is 1. The summed E-state index contributed by atoms with van der Waals surface area (Å²) in [6.45, 7) is 3.89. The number of carbonyl (C=O) groups excluding carboxylic acids is 1. The van der Waals surface area contributed by atoms with Crippen LogP contribution >= 0.6 is 0 Å². The Hall–Kier alpha value is -2.90. The Labute approximate surface area is 133 Å². The lowest BCUT2D eigenvalue weighted by atomic mass is 10.2. The van der Waals surface area contributed by atoms with E-state index in [-0.39, 0.29) is 24.7 Å². The molecule has 0 aliphatic rings. The molecule has 23 heavy (non-hydrogen) atoms. The molecule has 0 atom stereocenters. The van der Waals surface area contributed by atoms with Crippen LogP contribution in [0.2, 0.25) is 0 Å². The summed E-state index contributed by atoms with van der Waals surface area (Å²) in [6.07, 6.45) is 0.150. The molecule has 0 aliphatic heterocycles. The van der Waals surface area contributed by atoms with E-state index in [1.165, 1.54) is 17.9 Å². The number of hydrogen-bond donors (Lipinski definition) is 1. The Kier molecular flexibility index (Phi) is 4.95. The maximum absolute atomic E-state index is 12.1. The number of benzene rings is 1. The van der Waals surface area contributed by atoms with Gasteiger partial charge in [0.15, 0.2) is 0 Å². The summed E-state index contributed by atoms with van der Waals surface area (Å²) in [5.74, 6) is 0.143. The van der Waals surface area contributed by atoms with E-state index in [4.69, 9.17) is 4.74 Å². The van der Waals surface area contributed by atoms with Crippen LogP contribution in [0.4, 0.5) is 11.5 Å². The third-order valence-corrected chi connectivity index (χ3v) is 3.34. The van der Waals surface area contributed by atoms with Gasteiger partial charge in [0.05, 0.1) is 36.2 Å². The van der Waals surface area contributed by atoms with Gasteiger partial charge in [-0.05, 0) is 36.5 Å². The number of ether oxygens (including phenoxy) is 1. The van der Waals surface area contributed by atoms with Gasteiger partial charge in [-0.3, -0.25) is 4.79 Å².